The van der Waals surface area contributed by atoms with Crippen molar-refractivity contribution >= 4 is 15.9 Å². The van der Waals surface area contributed by atoms with Crippen molar-refractivity contribution < 1.29 is 17.9 Å². The highest BCUT2D eigenvalue weighted by Crippen LogP contribution is 2.47. The van der Waals surface area contributed by atoms with Gasteiger partial charge in [-0.05, 0) is 26.7 Å². The molecule has 7 heteroatoms. The fourth-order valence-corrected chi connectivity index (χ4v) is 4.90. The first-order valence-electron chi connectivity index (χ1n) is 6.26. The molecule has 0 aromatic rings. The lowest BCUT2D eigenvalue weighted by Gasteiger charge is -2.59. The van der Waals surface area contributed by atoms with Crippen molar-refractivity contribution in [2.45, 2.75) is 49.6 Å². The number of hydrogen-bond acceptors (Lipinski definition) is 5. The van der Waals surface area contributed by atoms with Gasteiger partial charge in [-0.25, -0.2) is 12.7 Å². The molecule has 3 rings (SSSR count). The van der Waals surface area contributed by atoms with E-state index in [1.807, 2.05) is 0 Å². The average molecular weight is 274 g/mol. The highest BCUT2D eigenvalue weighted by atomic mass is 32.2. The fourth-order valence-electron chi connectivity index (χ4n) is 3.19. The van der Waals surface area contributed by atoms with E-state index < -0.39 is 20.8 Å². The van der Waals surface area contributed by atoms with Crippen molar-refractivity contribution in [3.8, 4) is 0 Å². The third-order valence-electron chi connectivity index (χ3n) is 4.53. The van der Waals surface area contributed by atoms with Crippen LogP contribution < -0.4 is 5.73 Å². The third-order valence-corrected chi connectivity index (χ3v) is 6.92. The number of nitrogens with two attached hydrogens (primary N) is 1. The summed E-state index contributed by atoms with van der Waals surface area (Å²) in [6.07, 6.45) is 1.70. The quantitative estimate of drug-likeness (QED) is 0.692. The van der Waals surface area contributed by atoms with E-state index >= 15 is 0 Å². The minimum absolute atomic E-state index is 0.190. The molecule has 2 saturated heterocycles. The molecule has 4 unspecified atom stereocenters. The Labute approximate surface area is 107 Å². The molecule has 0 spiro atoms. The summed E-state index contributed by atoms with van der Waals surface area (Å²) >= 11 is 0. The van der Waals surface area contributed by atoms with Crippen LogP contribution in [0.25, 0.3) is 0 Å². The molecule has 0 bridgehead atoms. The van der Waals surface area contributed by atoms with Gasteiger partial charge in [-0.3, -0.25) is 4.79 Å². The first-order valence-corrected chi connectivity index (χ1v) is 7.70. The molecule has 6 nitrogen and oxygen atoms in total. The van der Waals surface area contributed by atoms with E-state index in [0.717, 1.165) is 17.1 Å². The molecule has 3 aliphatic rings. The van der Waals surface area contributed by atoms with Gasteiger partial charge < -0.3 is 10.5 Å². The highest BCUT2D eigenvalue weighted by molar-refractivity contribution is 7.94. The Morgan fingerprint density at radius 1 is 1.44 bits per heavy atom. The SMILES string of the molecule is CC1(C)C(=O)N(C2C(N)C3CCCOC32)S1(=O)=O. The Morgan fingerprint density at radius 3 is 2.72 bits per heavy atom. The predicted octanol–water partition coefficient (Wildman–Crippen LogP) is -0.558. The molecule has 18 heavy (non-hydrogen) atoms. The molecule has 3 fully saturated rings. The summed E-state index contributed by atoms with van der Waals surface area (Å²) in [5.41, 5.74) is 6.02. The molecule has 1 saturated carbocycles. The van der Waals surface area contributed by atoms with Crippen LogP contribution in [0.2, 0.25) is 0 Å². The Bertz CT molecular complexity index is 501. The molecule has 2 heterocycles. The monoisotopic (exact) mass is 274 g/mol. The second-order valence-corrected chi connectivity index (χ2v) is 8.19. The van der Waals surface area contributed by atoms with E-state index in [0.29, 0.717) is 6.61 Å². The number of ether oxygens (including phenoxy) is 1. The second kappa shape index (κ2) is 3.46. The van der Waals surface area contributed by atoms with Crippen molar-refractivity contribution in [2.75, 3.05) is 6.61 Å². The van der Waals surface area contributed by atoms with Crippen molar-refractivity contribution in [1.29, 1.82) is 0 Å². The maximum Gasteiger partial charge on any atom is 0.259 e. The average Bonchev–Trinajstić information content (AvgIpc) is 2.34. The zero-order chi connectivity index (χ0) is 13.3. The summed E-state index contributed by atoms with van der Waals surface area (Å²) in [6, 6.07) is -0.786. The Morgan fingerprint density at radius 2 is 2.11 bits per heavy atom. The molecule has 4 atom stereocenters. The van der Waals surface area contributed by atoms with Crippen LogP contribution in [0.15, 0.2) is 0 Å². The Hall–Kier alpha value is -0.660. The molecule has 2 aliphatic heterocycles. The number of amides is 1. The van der Waals surface area contributed by atoms with Crippen molar-refractivity contribution in [3.63, 3.8) is 0 Å². The van der Waals surface area contributed by atoms with Crippen LogP contribution in [-0.4, -0.2) is 48.2 Å². The van der Waals surface area contributed by atoms with Gasteiger partial charge in [0.15, 0.2) is 4.75 Å². The number of nitrogens with zero attached hydrogens (tertiary/aromatic N) is 1. The van der Waals surface area contributed by atoms with Gasteiger partial charge in [-0.15, -0.1) is 0 Å². The van der Waals surface area contributed by atoms with E-state index in [9.17, 15) is 13.2 Å². The molecule has 2 N–H and O–H groups in total. The zero-order valence-corrected chi connectivity index (χ0v) is 11.3. The summed E-state index contributed by atoms with van der Waals surface area (Å²) in [4.78, 5) is 12.0. The lowest BCUT2D eigenvalue weighted by Crippen LogP contribution is -2.81. The van der Waals surface area contributed by atoms with E-state index in [4.69, 9.17) is 10.5 Å². The van der Waals surface area contributed by atoms with Crippen molar-refractivity contribution in [2.24, 2.45) is 11.7 Å². The molecular weight excluding hydrogens is 256 g/mol. The van der Waals surface area contributed by atoms with Crippen molar-refractivity contribution in [3.05, 3.63) is 0 Å². The van der Waals surface area contributed by atoms with E-state index in [2.05, 4.69) is 0 Å². The molecule has 102 valence electrons. The topological polar surface area (TPSA) is 89.7 Å². The minimum atomic E-state index is -3.57. The lowest BCUT2D eigenvalue weighted by atomic mass is 9.68. The largest absolute Gasteiger partial charge is 0.376 e. The third kappa shape index (κ3) is 1.20. The maximum absolute atomic E-state index is 12.1. The van der Waals surface area contributed by atoms with Gasteiger partial charge in [-0.1, -0.05) is 0 Å². The molecule has 0 aromatic carbocycles. The van der Waals surface area contributed by atoms with E-state index in [1.165, 1.54) is 13.8 Å². The van der Waals surface area contributed by atoms with Gasteiger partial charge in [0.1, 0.15) is 0 Å². The minimum Gasteiger partial charge on any atom is -0.376 e. The summed E-state index contributed by atoms with van der Waals surface area (Å²) in [7, 11) is -3.57. The molecule has 0 radical (unpaired) electrons. The number of hydrogen-bond donors (Lipinski definition) is 1. The smallest absolute Gasteiger partial charge is 0.259 e. The fraction of sp³-hybridized carbons (Fsp3) is 0.909. The first-order chi connectivity index (χ1) is 8.30. The Kier molecular flexibility index (Phi) is 2.38. The maximum atomic E-state index is 12.1. The zero-order valence-electron chi connectivity index (χ0n) is 10.5. The number of fused-ring (bicyclic) bond motifs is 1. The van der Waals surface area contributed by atoms with Gasteiger partial charge in [-0.2, -0.15) is 0 Å². The first kappa shape index (κ1) is 12.4. The van der Waals surface area contributed by atoms with Crippen LogP contribution in [0.4, 0.5) is 0 Å². The second-order valence-electron chi connectivity index (χ2n) is 5.83. The molecule has 1 aliphatic carbocycles. The van der Waals surface area contributed by atoms with Gasteiger partial charge in [0, 0.05) is 18.6 Å². The number of carbonyl (C=O) groups is 1. The van der Waals surface area contributed by atoms with Gasteiger partial charge in [0.2, 0.25) is 0 Å². The van der Waals surface area contributed by atoms with Crippen LogP contribution in [0.5, 0.6) is 0 Å². The van der Waals surface area contributed by atoms with Crippen LogP contribution in [0.3, 0.4) is 0 Å². The normalized spacial score (nSPS) is 44.8. The van der Waals surface area contributed by atoms with Crippen LogP contribution >= 0.6 is 0 Å². The van der Waals surface area contributed by atoms with Gasteiger partial charge >= 0.3 is 0 Å². The standard InChI is InChI=1S/C11H18N2O4S/c1-11(2)10(14)13(18(11,15)16)8-7(12)6-4-3-5-17-9(6)8/h6-9H,3-5,12H2,1-2H3. The highest BCUT2D eigenvalue weighted by Gasteiger charge is 2.68. The molecule has 0 aromatic heterocycles. The van der Waals surface area contributed by atoms with Gasteiger partial charge in [0.25, 0.3) is 15.9 Å². The van der Waals surface area contributed by atoms with E-state index in [-0.39, 0.29) is 24.0 Å². The number of carbonyl (C=O) groups excluding carboxylic acids is 1. The molecule has 1 amide bonds. The summed E-state index contributed by atoms with van der Waals surface area (Å²) in [6.45, 7) is 3.49. The lowest BCUT2D eigenvalue weighted by molar-refractivity contribution is -0.162. The van der Waals surface area contributed by atoms with Gasteiger partial charge in [0.05, 0.1) is 12.1 Å². The van der Waals surface area contributed by atoms with E-state index in [1.54, 1.807) is 0 Å². The molecular formula is C11H18N2O4S. The van der Waals surface area contributed by atoms with Crippen LogP contribution in [0, 0.1) is 5.92 Å². The van der Waals surface area contributed by atoms with Crippen molar-refractivity contribution in [1.82, 2.24) is 4.31 Å². The summed E-state index contributed by atoms with van der Waals surface area (Å²) < 4.78 is 29.5. The predicted molar refractivity (Wildman–Crippen MR) is 64.1 cm³/mol. The Balaban J connectivity index is 1.87. The summed E-state index contributed by atoms with van der Waals surface area (Å²) in [5.74, 6) is -0.175. The number of sulfonamides is 1. The number of rotatable bonds is 1. The van der Waals surface area contributed by atoms with Crippen LogP contribution in [-0.2, 0) is 19.6 Å². The summed E-state index contributed by atoms with van der Waals surface area (Å²) in [5, 5.41) is 0. The van der Waals surface area contributed by atoms with Crippen LogP contribution in [0.1, 0.15) is 26.7 Å².